The molecule has 0 aliphatic carbocycles. The van der Waals surface area contributed by atoms with Gasteiger partial charge in [-0.05, 0) is 24.8 Å². The Morgan fingerprint density at radius 3 is 2.26 bits per heavy atom. The first-order valence-corrected chi connectivity index (χ1v) is 10.4. The number of nitrogens with one attached hydrogen (secondary N) is 1. The van der Waals surface area contributed by atoms with Crippen molar-refractivity contribution < 1.29 is 8.78 Å². The predicted molar refractivity (Wildman–Crippen MR) is 104 cm³/mol. The third-order valence-corrected chi connectivity index (χ3v) is 6.50. The summed E-state index contributed by atoms with van der Waals surface area (Å²) in [5.74, 6) is -2.63. The zero-order valence-electron chi connectivity index (χ0n) is 16.1. The summed E-state index contributed by atoms with van der Waals surface area (Å²) in [6.07, 6.45) is 2.62. The first-order chi connectivity index (χ1) is 13.1. The van der Waals surface area contributed by atoms with Crippen molar-refractivity contribution in [1.29, 1.82) is 0 Å². The molecule has 27 heavy (non-hydrogen) atoms. The molecular formula is C21H32F2N4. The number of piperidine rings is 2. The molecule has 150 valence electrons. The molecule has 4 nitrogen and oxygen atoms in total. The second-order valence-electron chi connectivity index (χ2n) is 8.31. The van der Waals surface area contributed by atoms with Crippen molar-refractivity contribution in [2.45, 2.75) is 43.8 Å². The van der Waals surface area contributed by atoms with Crippen LogP contribution in [-0.2, 0) is 6.54 Å². The van der Waals surface area contributed by atoms with Gasteiger partial charge in [-0.2, -0.15) is 0 Å². The summed E-state index contributed by atoms with van der Waals surface area (Å²) in [5, 5.41) is 3.39. The molecule has 1 unspecified atom stereocenters. The molecule has 3 aliphatic heterocycles. The van der Waals surface area contributed by atoms with E-state index in [9.17, 15) is 8.78 Å². The number of hydrogen-bond acceptors (Lipinski definition) is 4. The van der Waals surface area contributed by atoms with Gasteiger partial charge in [0.05, 0.1) is 12.6 Å². The fraction of sp³-hybridized carbons (Fsp3) is 0.714. The fourth-order valence-electron chi connectivity index (χ4n) is 5.03. The first kappa shape index (κ1) is 19.2. The summed E-state index contributed by atoms with van der Waals surface area (Å²) in [5.41, 5.74) is 1.11. The van der Waals surface area contributed by atoms with Crippen LogP contribution in [0, 0.1) is 0 Å². The predicted octanol–water partition coefficient (Wildman–Crippen LogP) is 2.27. The topological polar surface area (TPSA) is 21.8 Å². The second-order valence-corrected chi connectivity index (χ2v) is 8.31. The van der Waals surface area contributed by atoms with Gasteiger partial charge in [0.15, 0.2) is 0 Å². The van der Waals surface area contributed by atoms with Crippen molar-refractivity contribution in [3.63, 3.8) is 0 Å². The number of hydrogen-bond donors (Lipinski definition) is 1. The van der Waals surface area contributed by atoms with E-state index in [0.717, 1.165) is 64.2 Å². The standard InChI is InChI=1S/C21H32F2N4/c22-21(23)17-25(16-18-4-2-1-3-5-18)11-8-20(21)27-12-6-19(7-13-27)26-14-9-24-10-15-26/h1-5,19-20,24H,6-17H2. The van der Waals surface area contributed by atoms with Gasteiger partial charge in [-0.1, -0.05) is 30.3 Å². The van der Waals surface area contributed by atoms with Crippen LogP contribution in [0.2, 0.25) is 0 Å². The van der Waals surface area contributed by atoms with Crippen molar-refractivity contribution in [3.8, 4) is 0 Å². The Morgan fingerprint density at radius 2 is 1.59 bits per heavy atom. The molecule has 3 fully saturated rings. The molecule has 0 saturated carbocycles. The van der Waals surface area contributed by atoms with Gasteiger partial charge in [-0.3, -0.25) is 14.7 Å². The molecule has 0 radical (unpaired) electrons. The van der Waals surface area contributed by atoms with Crippen molar-refractivity contribution in [2.24, 2.45) is 0 Å². The van der Waals surface area contributed by atoms with E-state index >= 15 is 0 Å². The van der Waals surface area contributed by atoms with Crippen LogP contribution in [0.15, 0.2) is 30.3 Å². The van der Waals surface area contributed by atoms with Gasteiger partial charge in [0, 0.05) is 58.4 Å². The van der Waals surface area contributed by atoms with Crippen LogP contribution in [0.4, 0.5) is 8.78 Å². The third kappa shape index (κ3) is 4.67. The van der Waals surface area contributed by atoms with E-state index in [-0.39, 0.29) is 6.54 Å². The molecule has 0 amide bonds. The lowest BCUT2D eigenvalue weighted by Gasteiger charge is -2.47. The summed E-state index contributed by atoms with van der Waals surface area (Å²) < 4.78 is 29.9. The lowest BCUT2D eigenvalue weighted by Crippen LogP contribution is -2.61. The SMILES string of the molecule is FC1(F)CN(Cc2ccccc2)CCC1N1CCC(N2CCNCC2)CC1. The maximum atomic E-state index is 15.0. The lowest BCUT2D eigenvalue weighted by atomic mass is 9.94. The highest BCUT2D eigenvalue weighted by molar-refractivity contribution is 5.14. The van der Waals surface area contributed by atoms with E-state index in [2.05, 4.69) is 15.1 Å². The Hall–Kier alpha value is -1.08. The Bertz CT molecular complexity index is 583. The van der Waals surface area contributed by atoms with Gasteiger partial charge < -0.3 is 5.32 Å². The Kier molecular flexibility index (Phi) is 6.07. The van der Waals surface area contributed by atoms with Crippen molar-refractivity contribution in [2.75, 3.05) is 52.4 Å². The highest BCUT2D eigenvalue weighted by Gasteiger charge is 2.48. The van der Waals surface area contributed by atoms with Crippen LogP contribution in [0.3, 0.4) is 0 Å². The van der Waals surface area contributed by atoms with Gasteiger partial charge >= 0.3 is 0 Å². The number of likely N-dealkylation sites (tertiary alicyclic amines) is 2. The zero-order valence-corrected chi connectivity index (χ0v) is 16.1. The van der Waals surface area contributed by atoms with E-state index in [0.29, 0.717) is 19.0 Å². The lowest BCUT2D eigenvalue weighted by molar-refractivity contribution is -0.134. The summed E-state index contributed by atoms with van der Waals surface area (Å²) in [6.45, 7) is 7.18. The minimum absolute atomic E-state index is 0.121. The molecule has 1 atom stereocenters. The number of alkyl halides is 2. The molecule has 3 saturated heterocycles. The monoisotopic (exact) mass is 378 g/mol. The fourth-order valence-corrected chi connectivity index (χ4v) is 5.03. The molecular weight excluding hydrogens is 346 g/mol. The minimum Gasteiger partial charge on any atom is -0.314 e. The second kappa shape index (κ2) is 8.52. The zero-order chi connectivity index (χ0) is 18.7. The number of benzene rings is 1. The third-order valence-electron chi connectivity index (χ3n) is 6.50. The van der Waals surface area contributed by atoms with Crippen molar-refractivity contribution >= 4 is 0 Å². The van der Waals surface area contributed by atoms with Crippen LogP contribution in [-0.4, -0.2) is 85.1 Å². The van der Waals surface area contributed by atoms with Crippen LogP contribution >= 0.6 is 0 Å². The minimum atomic E-state index is -2.63. The van der Waals surface area contributed by atoms with Crippen molar-refractivity contribution in [3.05, 3.63) is 35.9 Å². The summed E-state index contributed by atoms with van der Waals surface area (Å²) in [4.78, 5) is 6.55. The van der Waals surface area contributed by atoms with E-state index in [1.807, 2.05) is 35.2 Å². The first-order valence-electron chi connectivity index (χ1n) is 10.4. The van der Waals surface area contributed by atoms with Crippen molar-refractivity contribution in [1.82, 2.24) is 20.0 Å². The Morgan fingerprint density at radius 1 is 0.889 bits per heavy atom. The summed E-state index contributed by atoms with van der Waals surface area (Å²) >= 11 is 0. The van der Waals surface area contributed by atoms with Crippen LogP contribution in [0.1, 0.15) is 24.8 Å². The molecule has 0 bridgehead atoms. The van der Waals surface area contributed by atoms with Gasteiger partial charge in [0.1, 0.15) is 0 Å². The van der Waals surface area contributed by atoms with Gasteiger partial charge in [0.2, 0.25) is 0 Å². The molecule has 6 heteroatoms. The molecule has 0 spiro atoms. The van der Waals surface area contributed by atoms with Gasteiger partial charge in [-0.25, -0.2) is 8.78 Å². The summed E-state index contributed by atoms with van der Waals surface area (Å²) in [6, 6.07) is 9.94. The van der Waals surface area contributed by atoms with Gasteiger partial charge in [0.25, 0.3) is 5.92 Å². The van der Waals surface area contributed by atoms with E-state index in [4.69, 9.17) is 0 Å². The van der Waals surface area contributed by atoms with Gasteiger partial charge in [-0.15, -0.1) is 0 Å². The molecule has 1 aromatic carbocycles. The van der Waals surface area contributed by atoms with E-state index in [1.165, 1.54) is 0 Å². The van der Waals surface area contributed by atoms with Crippen LogP contribution in [0.25, 0.3) is 0 Å². The summed E-state index contributed by atoms with van der Waals surface area (Å²) in [7, 11) is 0. The average molecular weight is 379 g/mol. The molecule has 0 aromatic heterocycles. The normalized spacial score (nSPS) is 29.0. The van der Waals surface area contributed by atoms with Crippen LogP contribution < -0.4 is 5.32 Å². The molecule has 4 rings (SSSR count). The van der Waals surface area contributed by atoms with E-state index in [1.54, 1.807) is 0 Å². The molecule has 3 heterocycles. The van der Waals surface area contributed by atoms with Crippen LogP contribution in [0.5, 0.6) is 0 Å². The van der Waals surface area contributed by atoms with E-state index < -0.39 is 12.0 Å². The molecule has 1 aromatic rings. The Balaban J connectivity index is 1.30. The maximum Gasteiger partial charge on any atom is 0.275 e. The Labute approximate surface area is 161 Å². The average Bonchev–Trinajstić information content (AvgIpc) is 2.69. The smallest absolute Gasteiger partial charge is 0.275 e. The maximum absolute atomic E-state index is 15.0. The highest BCUT2D eigenvalue weighted by Crippen LogP contribution is 2.34. The highest BCUT2D eigenvalue weighted by atomic mass is 19.3. The largest absolute Gasteiger partial charge is 0.314 e. The molecule has 1 N–H and O–H groups in total. The number of rotatable bonds is 4. The quantitative estimate of drug-likeness (QED) is 0.868. The number of halogens is 2. The number of nitrogens with zero attached hydrogens (tertiary/aromatic N) is 3. The molecule has 3 aliphatic rings. The number of piperazine rings is 1.